The van der Waals surface area contributed by atoms with Gasteiger partial charge in [0.05, 0.1) is 27.5 Å². The van der Waals surface area contributed by atoms with E-state index in [0.29, 0.717) is 15.6 Å². The predicted molar refractivity (Wildman–Crippen MR) is 68.0 cm³/mol. The molecule has 0 N–H and O–H groups in total. The first-order valence-corrected chi connectivity index (χ1v) is 6.65. The lowest BCUT2D eigenvalue weighted by Crippen LogP contribution is -1.99. The van der Waals surface area contributed by atoms with Crippen molar-refractivity contribution in [3.8, 4) is 6.07 Å². The van der Waals surface area contributed by atoms with Gasteiger partial charge in [0.2, 0.25) is 5.16 Å². The summed E-state index contributed by atoms with van der Waals surface area (Å²) in [5.41, 5.74) is 0.308. The highest BCUT2D eigenvalue weighted by Crippen LogP contribution is 2.40. The van der Waals surface area contributed by atoms with E-state index in [0.717, 1.165) is 24.6 Å². The van der Waals surface area contributed by atoms with Crippen LogP contribution in [0, 0.1) is 21.4 Å². The maximum Gasteiger partial charge on any atom is 0.283 e. The summed E-state index contributed by atoms with van der Waals surface area (Å²) < 4.78 is 1.67. The minimum atomic E-state index is -0.477. The van der Waals surface area contributed by atoms with Crippen LogP contribution in [0.2, 0.25) is 0 Å². The zero-order chi connectivity index (χ0) is 14.1. The molecule has 8 nitrogen and oxygen atoms in total. The molecule has 1 saturated carbocycles. The number of nitrogens with zero attached hydrogens (tertiary/aromatic N) is 6. The average molecular weight is 288 g/mol. The smallest absolute Gasteiger partial charge is 0.258 e. The Morgan fingerprint density at radius 2 is 2.30 bits per heavy atom. The van der Waals surface area contributed by atoms with E-state index in [-0.39, 0.29) is 11.7 Å². The fourth-order valence-electron chi connectivity index (χ4n) is 1.72. The zero-order valence-electron chi connectivity index (χ0n) is 10.1. The minimum absolute atomic E-state index is 0.0562. The second kappa shape index (κ2) is 4.90. The second-order valence-electron chi connectivity index (χ2n) is 4.29. The van der Waals surface area contributed by atoms with Gasteiger partial charge in [0.1, 0.15) is 0 Å². The molecule has 1 fully saturated rings. The van der Waals surface area contributed by atoms with Gasteiger partial charge in [-0.2, -0.15) is 5.26 Å². The van der Waals surface area contributed by atoms with Crippen molar-refractivity contribution in [1.29, 1.82) is 5.26 Å². The van der Waals surface area contributed by atoms with Gasteiger partial charge in [-0.05, 0) is 47.2 Å². The molecule has 100 valence electrons. The predicted octanol–water partition coefficient (Wildman–Crippen LogP) is 1.94. The molecule has 0 saturated heterocycles. The molecule has 1 heterocycles. The number of hydrogen-bond acceptors (Lipinski definition) is 7. The van der Waals surface area contributed by atoms with Crippen LogP contribution >= 0.6 is 11.8 Å². The van der Waals surface area contributed by atoms with Gasteiger partial charge >= 0.3 is 0 Å². The Morgan fingerprint density at radius 1 is 1.50 bits per heavy atom. The van der Waals surface area contributed by atoms with Crippen molar-refractivity contribution in [1.82, 2.24) is 20.2 Å². The average Bonchev–Trinajstić information content (AvgIpc) is 3.19. The first kappa shape index (κ1) is 12.6. The summed E-state index contributed by atoms with van der Waals surface area (Å²) in [4.78, 5) is 10.9. The second-order valence-corrected chi connectivity index (χ2v) is 5.30. The van der Waals surface area contributed by atoms with Gasteiger partial charge in [0, 0.05) is 6.07 Å². The molecule has 0 radical (unpaired) electrons. The quantitative estimate of drug-likeness (QED) is 0.624. The van der Waals surface area contributed by atoms with Gasteiger partial charge < -0.3 is 0 Å². The van der Waals surface area contributed by atoms with E-state index in [4.69, 9.17) is 5.26 Å². The number of rotatable bonds is 4. The van der Waals surface area contributed by atoms with E-state index in [2.05, 4.69) is 15.5 Å². The molecule has 1 aliphatic carbocycles. The maximum absolute atomic E-state index is 11.0. The summed E-state index contributed by atoms with van der Waals surface area (Å²) in [7, 11) is 0. The third-order valence-electron chi connectivity index (χ3n) is 2.84. The summed E-state index contributed by atoms with van der Waals surface area (Å²) in [5.74, 6) is 0. The largest absolute Gasteiger partial charge is 0.283 e. The number of tetrazole rings is 1. The number of benzene rings is 1. The fraction of sp³-hybridized carbons (Fsp3) is 0.273. The van der Waals surface area contributed by atoms with E-state index in [1.807, 2.05) is 6.07 Å². The lowest BCUT2D eigenvalue weighted by atomic mass is 10.2. The molecular weight excluding hydrogens is 280 g/mol. The molecule has 0 aliphatic heterocycles. The molecule has 0 amide bonds. The minimum Gasteiger partial charge on any atom is -0.258 e. The van der Waals surface area contributed by atoms with Gasteiger partial charge in [-0.1, -0.05) is 0 Å². The molecule has 3 rings (SSSR count). The zero-order valence-corrected chi connectivity index (χ0v) is 10.9. The first-order valence-electron chi connectivity index (χ1n) is 5.83. The number of nitro benzene ring substituents is 1. The topological polar surface area (TPSA) is 111 Å². The van der Waals surface area contributed by atoms with Gasteiger partial charge in [0.25, 0.3) is 5.69 Å². The van der Waals surface area contributed by atoms with Crippen LogP contribution < -0.4 is 0 Å². The summed E-state index contributed by atoms with van der Waals surface area (Å²) in [6.07, 6.45) is 2.03. The Hall–Kier alpha value is -2.47. The van der Waals surface area contributed by atoms with Crippen LogP contribution in [0.1, 0.15) is 24.4 Å². The highest BCUT2D eigenvalue weighted by Gasteiger charge is 2.29. The third-order valence-corrected chi connectivity index (χ3v) is 3.84. The Morgan fingerprint density at radius 3 is 2.95 bits per heavy atom. The van der Waals surface area contributed by atoms with E-state index in [1.165, 1.54) is 18.2 Å². The van der Waals surface area contributed by atoms with Crippen molar-refractivity contribution in [3.63, 3.8) is 0 Å². The van der Waals surface area contributed by atoms with Crippen molar-refractivity contribution in [3.05, 3.63) is 33.9 Å². The Kier molecular flexibility index (Phi) is 3.08. The Labute approximate surface area is 117 Å². The van der Waals surface area contributed by atoms with E-state index in [1.54, 1.807) is 4.68 Å². The van der Waals surface area contributed by atoms with Crippen LogP contribution in [-0.2, 0) is 0 Å². The van der Waals surface area contributed by atoms with E-state index in [9.17, 15) is 10.1 Å². The summed E-state index contributed by atoms with van der Waals surface area (Å²) in [6.45, 7) is 0. The maximum atomic E-state index is 11.0. The van der Waals surface area contributed by atoms with Crippen LogP contribution in [0.25, 0.3) is 0 Å². The summed E-state index contributed by atoms with van der Waals surface area (Å²) >= 11 is 1.11. The van der Waals surface area contributed by atoms with Crippen molar-refractivity contribution in [2.24, 2.45) is 0 Å². The normalized spacial score (nSPS) is 13.9. The fourth-order valence-corrected chi connectivity index (χ4v) is 2.70. The molecule has 0 atom stereocenters. The molecule has 0 unspecified atom stereocenters. The van der Waals surface area contributed by atoms with Crippen LogP contribution in [0.3, 0.4) is 0 Å². The van der Waals surface area contributed by atoms with Crippen molar-refractivity contribution >= 4 is 17.4 Å². The summed E-state index contributed by atoms with van der Waals surface area (Å²) in [6, 6.07) is 6.48. The van der Waals surface area contributed by atoms with Crippen LogP contribution in [0.5, 0.6) is 0 Å². The Balaban J connectivity index is 1.98. The summed E-state index contributed by atoms with van der Waals surface area (Å²) in [5, 5.41) is 31.8. The van der Waals surface area contributed by atoms with Crippen molar-refractivity contribution < 1.29 is 4.92 Å². The third kappa shape index (κ3) is 2.33. The number of nitriles is 1. The van der Waals surface area contributed by atoms with E-state index < -0.39 is 4.92 Å². The molecule has 1 aromatic carbocycles. The van der Waals surface area contributed by atoms with Crippen LogP contribution in [0.4, 0.5) is 5.69 Å². The number of hydrogen-bond donors (Lipinski definition) is 0. The molecular formula is C11H8N6O2S. The van der Waals surface area contributed by atoms with Gasteiger partial charge in [0.15, 0.2) is 0 Å². The lowest BCUT2D eigenvalue weighted by Gasteiger charge is -2.03. The molecule has 0 spiro atoms. The molecule has 2 aromatic rings. The Bertz CT molecular complexity index is 718. The lowest BCUT2D eigenvalue weighted by molar-refractivity contribution is -0.387. The number of nitro groups is 1. The van der Waals surface area contributed by atoms with Crippen molar-refractivity contribution in [2.45, 2.75) is 28.9 Å². The van der Waals surface area contributed by atoms with Gasteiger partial charge in [-0.15, -0.1) is 5.10 Å². The first-order chi connectivity index (χ1) is 9.69. The monoisotopic (exact) mass is 288 g/mol. The standard InChI is InChI=1S/C11H8N6O2S/c12-6-7-1-4-9(17(18)19)10(5-7)20-11-13-14-15-16(11)8-2-3-8/h1,4-5,8H,2-3H2. The molecule has 1 aromatic heterocycles. The van der Waals surface area contributed by atoms with E-state index >= 15 is 0 Å². The highest BCUT2D eigenvalue weighted by atomic mass is 32.2. The van der Waals surface area contributed by atoms with Gasteiger partial charge in [-0.25, -0.2) is 4.68 Å². The van der Waals surface area contributed by atoms with Crippen molar-refractivity contribution in [2.75, 3.05) is 0 Å². The molecule has 9 heteroatoms. The SMILES string of the molecule is N#Cc1ccc([N+](=O)[O-])c(Sc2nnnn2C2CC2)c1. The van der Waals surface area contributed by atoms with Crippen LogP contribution in [-0.4, -0.2) is 25.1 Å². The number of aromatic nitrogens is 4. The molecule has 0 bridgehead atoms. The van der Waals surface area contributed by atoms with Crippen LogP contribution in [0.15, 0.2) is 28.3 Å². The molecule has 1 aliphatic rings. The molecule has 20 heavy (non-hydrogen) atoms. The van der Waals surface area contributed by atoms with Gasteiger partial charge in [-0.3, -0.25) is 10.1 Å². The highest BCUT2D eigenvalue weighted by molar-refractivity contribution is 7.99.